The highest BCUT2D eigenvalue weighted by atomic mass is 16.5. The molecule has 0 aliphatic rings. The summed E-state index contributed by atoms with van der Waals surface area (Å²) in [7, 11) is 1.99. The van der Waals surface area contributed by atoms with Crippen molar-refractivity contribution in [1.82, 2.24) is 5.32 Å². The standard InChI is InChI=1S/C12H25NO/c1-6-10-11(13-5)12(7-2,8-3)14-9-4/h6,11,13H,1,7-10H2,2-5H3. The molecule has 0 saturated heterocycles. The normalized spacial score (nSPS) is 14.0. The summed E-state index contributed by atoms with van der Waals surface area (Å²) in [6.07, 6.45) is 4.99. The van der Waals surface area contributed by atoms with Crippen LogP contribution in [0.15, 0.2) is 12.7 Å². The molecular weight excluding hydrogens is 174 g/mol. The van der Waals surface area contributed by atoms with Crippen LogP contribution < -0.4 is 5.32 Å². The van der Waals surface area contributed by atoms with Crippen molar-refractivity contribution < 1.29 is 4.74 Å². The van der Waals surface area contributed by atoms with Crippen LogP contribution in [-0.2, 0) is 4.74 Å². The van der Waals surface area contributed by atoms with Gasteiger partial charge in [0.05, 0.1) is 5.60 Å². The molecule has 0 spiro atoms. The minimum Gasteiger partial charge on any atom is -0.374 e. The molecule has 0 rings (SSSR count). The van der Waals surface area contributed by atoms with Crippen LogP contribution in [0.4, 0.5) is 0 Å². The molecule has 0 aromatic rings. The second-order valence-corrected chi connectivity index (χ2v) is 3.57. The summed E-state index contributed by atoms with van der Waals surface area (Å²) in [6, 6.07) is 0.370. The number of likely N-dealkylation sites (N-methyl/N-ethyl adjacent to an activating group) is 1. The zero-order chi connectivity index (χ0) is 11.0. The molecule has 0 aliphatic heterocycles. The summed E-state index contributed by atoms with van der Waals surface area (Å²) < 4.78 is 5.92. The average molecular weight is 199 g/mol. The van der Waals surface area contributed by atoms with Gasteiger partial charge < -0.3 is 10.1 Å². The van der Waals surface area contributed by atoms with Crippen LogP contribution in [0.2, 0.25) is 0 Å². The molecule has 0 aromatic carbocycles. The van der Waals surface area contributed by atoms with Crippen LogP contribution in [0.1, 0.15) is 40.0 Å². The number of hydrogen-bond acceptors (Lipinski definition) is 2. The van der Waals surface area contributed by atoms with Crippen LogP contribution >= 0.6 is 0 Å². The number of nitrogens with one attached hydrogen (secondary N) is 1. The fourth-order valence-electron chi connectivity index (χ4n) is 2.10. The van der Waals surface area contributed by atoms with Gasteiger partial charge in [0.25, 0.3) is 0 Å². The van der Waals surface area contributed by atoms with E-state index in [1.54, 1.807) is 0 Å². The Morgan fingerprint density at radius 1 is 1.36 bits per heavy atom. The van der Waals surface area contributed by atoms with Crippen LogP contribution in [0, 0.1) is 0 Å². The Morgan fingerprint density at radius 2 is 1.93 bits per heavy atom. The van der Waals surface area contributed by atoms with E-state index >= 15 is 0 Å². The first-order valence-corrected chi connectivity index (χ1v) is 5.62. The summed E-state index contributed by atoms with van der Waals surface area (Å²) >= 11 is 0. The van der Waals surface area contributed by atoms with Crippen molar-refractivity contribution in [1.29, 1.82) is 0 Å². The molecule has 2 heteroatoms. The first-order valence-electron chi connectivity index (χ1n) is 5.62. The Hall–Kier alpha value is -0.340. The van der Waals surface area contributed by atoms with Crippen molar-refractivity contribution in [3.05, 3.63) is 12.7 Å². The Morgan fingerprint density at radius 3 is 2.21 bits per heavy atom. The molecule has 0 fully saturated rings. The monoisotopic (exact) mass is 199 g/mol. The SMILES string of the molecule is C=CCC(NC)C(CC)(CC)OCC. The highest BCUT2D eigenvalue weighted by Crippen LogP contribution is 2.26. The van der Waals surface area contributed by atoms with Gasteiger partial charge in [0.2, 0.25) is 0 Å². The predicted molar refractivity (Wildman–Crippen MR) is 62.6 cm³/mol. The third-order valence-electron chi connectivity index (χ3n) is 3.01. The lowest BCUT2D eigenvalue weighted by atomic mass is 9.86. The maximum atomic E-state index is 5.92. The molecule has 0 amide bonds. The van der Waals surface area contributed by atoms with E-state index < -0.39 is 0 Å². The van der Waals surface area contributed by atoms with Gasteiger partial charge in [-0.3, -0.25) is 0 Å². The Bertz CT molecular complexity index is 152. The lowest BCUT2D eigenvalue weighted by molar-refractivity contribution is -0.0697. The fourth-order valence-corrected chi connectivity index (χ4v) is 2.10. The molecule has 0 bridgehead atoms. The predicted octanol–water partition coefficient (Wildman–Crippen LogP) is 2.75. The Kier molecular flexibility index (Phi) is 6.85. The topological polar surface area (TPSA) is 21.3 Å². The van der Waals surface area contributed by atoms with Gasteiger partial charge in [-0.1, -0.05) is 19.9 Å². The van der Waals surface area contributed by atoms with Crippen LogP contribution in [0.25, 0.3) is 0 Å². The highest BCUT2D eigenvalue weighted by Gasteiger charge is 2.34. The smallest absolute Gasteiger partial charge is 0.0832 e. The first kappa shape index (κ1) is 13.7. The van der Waals surface area contributed by atoms with Crippen molar-refractivity contribution in [2.75, 3.05) is 13.7 Å². The molecule has 0 saturated carbocycles. The third kappa shape index (κ3) is 3.10. The van der Waals surface area contributed by atoms with Gasteiger partial charge in [-0.05, 0) is 33.2 Å². The first-order chi connectivity index (χ1) is 6.70. The second kappa shape index (κ2) is 7.02. The van der Waals surface area contributed by atoms with Crippen LogP contribution in [0.3, 0.4) is 0 Å². The lowest BCUT2D eigenvalue weighted by Crippen LogP contribution is -2.50. The molecule has 1 unspecified atom stereocenters. The van der Waals surface area contributed by atoms with Crippen molar-refractivity contribution in [3.8, 4) is 0 Å². The maximum absolute atomic E-state index is 5.92. The van der Waals surface area contributed by atoms with Crippen LogP contribution in [0.5, 0.6) is 0 Å². The molecule has 0 aliphatic carbocycles. The van der Waals surface area contributed by atoms with E-state index in [1.807, 2.05) is 13.1 Å². The molecule has 2 nitrogen and oxygen atoms in total. The van der Waals surface area contributed by atoms with Crippen molar-refractivity contribution in [2.24, 2.45) is 0 Å². The molecule has 14 heavy (non-hydrogen) atoms. The summed E-state index contributed by atoms with van der Waals surface area (Å²) in [5.41, 5.74) is -0.0301. The van der Waals surface area contributed by atoms with Gasteiger partial charge in [-0.2, -0.15) is 0 Å². The quantitative estimate of drug-likeness (QED) is 0.607. The third-order valence-corrected chi connectivity index (χ3v) is 3.01. The summed E-state index contributed by atoms with van der Waals surface area (Å²) in [5.74, 6) is 0. The van der Waals surface area contributed by atoms with Gasteiger partial charge in [-0.25, -0.2) is 0 Å². The zero-order valence-electron chi connectivity index (χ0n) is 10.1. The molecule has 0 heterocycles. The minimum atomic E-state index is -0.0301. The van der Waals surface area contributed by atoms with Gasteiger partial charge in [0, 0.05) is 12.6 Å². The summed E-state index contributed by atoms with van der Waals surface area (Å²) in [4.78, 5) is 0. The molecule has 1 N–H and O–H groups in total. The number of rotatable bonds is 8. The van der Waals surface area contributed by atoms with E-state index in [9.17, 15) is 0 Å². The highest BCUT2D eigenvalue weighted by molar-refractivity contribution is 4.94. The number of ether oxygens (including phenoxy) is 1. The van der Waals surface area contributed by atoms with Gasteiger partial charge in [0.1, 0.15) is 0 Å². The molecule has 1 atom stereocenters. The van der Waals surface area contributed by atoms with Gasteiger partial charge >= 0.3 is 0 Å². The zero-order valence-corrected chi connectivity index (χ0v) is 10.1. The molecule has 0 aromatic heterocycles. The van der Waals surface area contributed by atoms with E-state index in [0.29, 0.717) is 6.04 Å². The average Bonchev–Trinajstić information content (AvgIpc) is 2.23. The summed E-state index contributed by atoms with van der Waals surface area (Å²) in [6.45, 7) is 11.0. The van der Waals surface area contributed by atoms with Crippen molar-refractivity contribution in [3.63, 3.8) is 0 Å². The van der Waals surface area contributed by atoms with E-state index in [4.69, 9.17) is 4.74 Å². The van der Waals surface area contributed by atoms with E-state index in [2.05, 4.69) is 32.7 Å². The minimum absolute atomic E-state index is 0.0301. The Balaban J connectivity index is 4.62. The van der Waals surface area contributed by atoms with E-state index in [0.717, 1.165) is 25.9 Å². The maximum Gasteiger partial charge on any atom is 0.0832 e. The lowest BCUT2D eigenvalue weighted by Gasteiger charge is -2.39. The van der Waals surface area contributed by atoms with Gasteiger partial charge in [-0.15, -0.1) is 6.58 Å². The van der Waals surface area contributed by atoms with E-state index in [-0.39, 0.29) is 5.60 Å². The van der Waals surface area contributed by atoms with E-state index in [1.165, 1.54) is 0 Å². The molecule has 84 valence electrons. The van der Waals surface area contributed by atoms with Crippen LogP contribution in [-0.4, -0.2) is 25.3 Å². The fraction of sp³-hybridized carbons (Fsp3) is 0.833. The largest absolute Gasteiger partial charge is 0.374 e. The van der Waals surface area contributed by atoms with Crippen molar-refractivity contribution in [2.45, 2.75) is 51.7 Å². The Labute approximate surface area is 88.7 Å². The van der Waals surface area contributed by atoms with Gasteiger partial charge in [0.15, 0.2) is 0 Å². The molecule has 0 radical (unpaired) electrons. The number of hydrogen-bond donors (Lipinski definition) is 1. The summed E-state index contributed by atoms with van der Waals surface area (Å²) in [5, 5.41) is 3.33. The molecular formula is C12H25NO. The second-order valence-electron chi connectivity index (χ2n) is 3.57. The van der Waals surface area contributed by atoms with Crippen molar-refractivity contribution >= 4 is 0 Å².